The summed E-state index contributed by atoms with van der Waals surface area (Å²) < 4.78 is 25.3. The second kappa shape index (κ2) is 7.72. The number of benzene rings is 1. The highest BCUT2D eigenvalue weighted by atomic mass is 35.5. The van der Waals surface area contributed by atoms with Crippen LogP contribution >= 0.6 is 11.6 Å². The Balaban J connectivity index is 2.09. The minimum absolute atomic E-state index is 0.0942. The molecule has 6 nitrogen and oxygen atoms in total. The number of carbonyl (C=O) groups excluding carboxylic acids is 1. The van der Waals surface area contributed by atoms with Crippen LogP contribution in [-0.2, 0) is 14.8 Å². The quantitative estimate of drug-likeness (QED) is 0.851. The Kier molecular flexibility index (Phi) is 6.11. The van der Waals surface area contributed by atoms with E-state index >= 15 is 0 Å². The summed E-state index contributed by atoms with van der Waals surface area (Å²) in [6.45, 7) is 3.44. The van der Waals surface area contributed by atoms with Gasteiger partial charge in [-0.1, -0.05) is 17.7 Å². The number of nitrogens with one attached hydrogen (secondary N) is 1. The first kappa shape index (κ1) is 19.0. The molecule has 1 aliphatic heterocycles. The molecule has 1 amide bonds. The average molecular weight is 374 g/mol. The maximum atomic E-state index is 12.3. The summed E-state index contributed by atoms with van der Waals surface area (Å²) in [7, 11) is -1.54. The Morgan fingerprint density at radius 2 is 2.00 bits per heavy atom. The van der Waals surface area contributed by atoms with E-state index in [1.807, 2.05) is 14.0 Å². The van der Waals surface area contributed by atoms with Crippen molar-refractivity contribution in [2.45, 2.75) is 25.8 Å². The molecule has 0 aliphatic carbocycles. The van der Waals surface area contributed by atoms with Crippen LogP contribution in [0.15, 0.2) is 18.2 Å². The Bertz CT molecular complexity index is 701. The minimum atomic E-state index is -3.59. The standard InChI is InChI=1S/C16H24ClN3O3S/c1-12-4-5-14(10-15(12)17)20(24(3,22)23)11-16(21)18-13-6-8-19(2)9-7-13/h4-5,10,13H,6-9,11H2,1-3H3,(H,18,21). The van der Waals surface area contributed by atoms with Crippen LogP contribution in [0.1, 0.15) is 18.4 Å². The van der Waals surface area contributed by atoms with Gasteiger partial charge in [-0.05, 0) is 57.6 Å². The van der Waals surface area contributed by atoms with Crippen molar-refractivity contribution < 1.29 is 13.2 Å². The van der Waals surface area contributed by atoms with E-state index in [-0.39, 0.29) is 18.5 Å². The number of hydrogen-bond acceptors (Lipinski definition) is 4. The molecule has 0 saturated carbocycles. The van der Waals surface area contributed by atoms with Crippen LogP contribution in [0.25, 0.3) is 0 Å². The van der Waals surface area contributed by atoms with E-state index in [1.165, 1.54) is 0 Å². The van der Waals surface area contributed by atoms with Gasteiger partial charge >= 0.3 is 0 Å². The van der Waals surface area contributed by atoms with Crippen LogP contribution in [0.3, 0.4) is 0 Å². The molecule has 1 aromatic rings. The monoisotopic (exact) mass is 373 g/mol. The summed E-state index contributed by atoms with van der Waals surface area (Å²) in [4.78, 5) is 14.5. The van der Waals surface area contributed by atoms with Crippen LogP contribution in [-0.4, -0.2) is 58.2 Å². The summed E-state index contributed by atoms with van der Waals surface area (Å²) in [5, 5.41) is 3.40. The van der Waals surface area contributed by atoms with Gasteiger partial charge in [0.15, 0.2) is 0 Å². The topological polar surface area (TPSA) is 69.7 Å². The number of amides is 1. The third kappa shape index (κ3) is 5.09. The first-order valence-electron chi connectivity index (χ1n) is 7.88. The van der Waals surface area contributed by atoms with Crippen molar-refractivity contribution in [1.29, 1.82) is 0 Å². The second-order valence-electron chi connectivity index (χ2n) is 6.35. The molecule has 134 valence electrons. The zero-order chi connectivity index (χ0) is 17.9. The number of halogens is 1. The SMILES string of the molecule is Cc1ccc(N(CC(=O)NC2CCN(C)CC2)S(C)(=O)=O)cc1Cl. The van der Waals surface area contributed by atoms with E-state index in [0.717, 1.165) is 42.1 Å². The van der Waals surface area contributed by atoms with Gasteiger partial charge in [0, 0.05) is 11.1 Å². The van der Waals surface area contributed by atoms with Gasteiger partial charge in [-0.3, -0.25) is 9.10 Å². The Morgan fingerprint density at radius 1 is 1.38 bits per heavy atom. The van der Waals surface area contributed by atoms with E-state index in [1.54, 1.807) is 18.2 Å². The molecule has 1 heterocycles. The van der Waals surface area contributed by atoms with Crippen molar-refractivity contribution in [1.82, 2.24) is 10.2 Å². The number of piperidine rings is 1. The first-order chi connectivity index (χ1) is 11.2. The fourth-order valence-electron chi connectivity index (χ4n) is 2.69. The number of hydrogen-bond donors (Lipinski definition) is 1. The largest absolute Gasteiger partial charge is 0.352 e. The van der Waals surface area contributed by atoms with Crippen LogP contribution < -0.4 is 9.62 Å². The lowest BCUT2D eigenvalue weighted by Gasteiger charge is -2.30. The summed E-state index contributed by atoms with van der Waals surface area (Å²) in [5.74, 6) is -0.299. The van der Waals surface area contributed by atoms with E-state index in [4.69, 9.17) is 11.6 Å². The van der Waals surface area contributed by atoms with Crippen molar-refractivity contribution in [2.24, 2.45) is 0 Å². The summed E-state index contributed by atoms with van der Waals surface area (Å²) in [6, 6.07) is 5.06. The lowest BCUT2D eigenvalue weighted by molar-refractivity contribution is -0.120. The van der Waals surface area contributed by atoms with E-state index in [0.29, 0.717) is 10.7 Å². The first-order valence-corrected chi connectivity index (χ1v) is 10.1. The minimum Gasteiger partial charge on any atom is -0.352 e. The van der Waals surface area contributed by atoms with Crippen molar-refractivity contribution >= 4 is 33.2 Å². The van der Waals surface area contributed by atoms with Gasteiger partial charge in [-0.2, -0.15) is 0 Å². The zero-order valence-corrected chi connectivity index (χ0v) is 15.8. The average Bonchev–Trinajstić information content (AvgIpc) is 2.49. The molecule has 0 aromatic heterocycles. The van der Waals surface area contributed by atoms with E-state index in [9.17, 15) is 13.2 Å². The highest BCUT2D eigenvalue weighted by Gasteiger charge is 2.24. The molecule has 1 fully saturated rings. The molecular weight excluding hydrogens is 350 g/mol. The molecule has 0 radical (unpaired) electrons. The third-order valence-corrected chi connectivity index (χ3v) is 5.76. The third-order valence-electron chi connectivity index (χ3n) is 4.21. The molecule has 1 saturated heterocycles. The molecule has 8 heteroatoms. The normalized spacial score (nSPS) is 16.8. The van der Waals surface area contributed by atoms with Crippen molar-refractivity contribution in [3.63, 3.8) is 0 Å². The summed E-state index contributed by atoms with van der Waals surface area (Å²) in [5.41, 5.74) is 1.25. The highest BCUT2D eigenvalue weighted by molar-refractivity contribution is 7.92. The Morgan fingerprint density at radius 3 is 2.54 bits per heavy atom. The number of likely N-dealkylation sites (tertiary alicyclic amines) is 1. The van der Waals surface area contributed by atoms with E-state index < -0.39 is 10.0 Å². The zero-order valence-electron chi connectivity index (χ0n) is 14.3. The van der Waals surface area contributed by atoms with Gasteiger partial charge in [0.1, 0.15) is 6.54 Å². The van der Waals surface area contributed by atoms with Gasteiger partial charge in [-0.15, -0.1) is 0 Å². The van der Waals surface area contributed by atoms with Crippen LogP contribution in [0, 0.1) is 6.92 Å². The van der Waals surface area contributed by atoms with Gasteiger partial charge in [0.25, 0.3) is 0 Å². The molecule has 1 aromatic carbocycles. The molecule has 0 spiro atoms. The maximum Gasteiger partial charge on any atom is 0.240 e. The predicted octanol–water partition coefficient (Wildman–Crippen LogP) is 1.62. The number of nitrogens with zero attached hydrogens (tertiary/aromatic N) is 2. The Labute approximate surface area is 148 Å². The van der Waals surface area contributed by atoms with Crippen LogP contribution in [0.5, 0.6) is 0 Å². The number of rotatable bonds is 5. The molecule has 24 heavy (non-hydrogen) atoms. The number of aryl methyl sites for hydroxylation is 1. The molecule has 2 rings (SSSR count). The molecule has 0 unspecified atom stereocenters. The molecular formula is C16H24ClN3O3S. The predicted molar refractivity (Wildman–Crippen MR) is 97.0 cm³/mol. The van der Waals surface area contributed by atoms with Crippen molar-refractivity contribution in [2.75, 3.05) is 37.2 Å². The lowest BCUT2D eigenvalue weighted by Crippen LogP contribution is -2.47. The maximum absolute atomic E-state index is 12.3. The second-order valence-corrected chi connectivity index (χ2v) is 8.66. The van der Waals surface area contributed by atoms with E-state index in [2.05, 4.69) is 10.2 Å². The smallest absolute Gasteiger partial charge is 0.240 e. The number of sulfonamides is 1. The van der Waals surface area contributed by atoms with Crippen LogP contribution in [0.2, 0.25) is 5.02 Å². The van der Waals surface area contributed by atoms with Gasteiger partial charge in [0.2, 0.25) is 15.9 Å². The van der Waals surface area contributed by atoms with Crippen molar-refractivity contribution in [3.8, 4) is 0 Å². The fourth-order valence-corrected chi connectivity index (χ4v) is 3.72. The van der Waals surface area contributed by atoms with Gasteiger partial charge in [0.05, 0.1) is 11.9 Å². The van der Waals surface area contributed by atoms with Gasteiger partial charge in [-0.25, -0.2) is 8.42 Å². The van der Waals surface area contributed by atoms with Crippen LogP contribution in [0.4, 0.5) is 5.69 Å². The highest BCUT2D eigenvalue weighted by Crippen LogP contribution is 2.24. The number of anilines is 1. The van der Waals surface area contributed by atoms with Gasteiger partial charge < -0.3 is 10.2 Å². The molecule has 0 atom stereocenters. The fraction of sp³-hybridized carbons (Fsp3) is 0.562. The summed E-state index contributed by atoms with van der Waals surface area (Å²) >= 11 is 6.09. The number of carbonyl (C=O) groups is 1. The summed E-state index contributed by atoms with van der Waals surface area (Å²) in [6.07, 6.45) is 2.83. The molecule has 1 N–H and O–H groups in total. The molecule has 1 aliphatic rings. The Hall–Kier alpha value is -1.31. The lowest BCUT2D eigenvalue weighted by atomic mass is 10.1. The van der Waals surface area contributed by atoms with Crippen molar-refractivity contribution in [3.05, 3.63) is 28.8 Å². The molecule has 0 bridgehead atoms.